The second-order valence-electron chi connectivity index (χ2n) is 3.35. The van der Waals surface area contributed by atoms with E-state index < -0.39 is 0 Å². The molecule has 0 fully saturated rings. The molecule has 1 heterocycles. The molecule has 64 valence electrons. The Hall–Kier alpha value is -0.550. The molecule has 2 aliphatic rings. The maximum atomic E-state index is 2.40. The lowest BCUT2D eigenvalue weighted by Crippen LogP contribution is -2.12. The molecule has 1 atom stereocenters. The molecule has 1 unspecified atom stereocenters. The molecule has 0 spiro atoms. The summed E-state index contributed by atoms with van der Waals surface area (Å²) in [7, 11) is 2.09. The Morgan fingerprint density at radius 2 is 2.17 bits per heavy atom. The third-order valence-corrected chi connectivity index (χ3v) is 4.15. The van der Waals surface area contributed by atoms with Crippen molar-refractivity contribution in [1.29, 1.82) is 0 Å². The normalized spacial score (nSPS) is 27.8. The molecule has 0 amide bonds. The van der Waals surface area contributed by atoms with Gasteiger partial charge in [0, 0.05) is 12.5 Å². The number of hydrogen-bond donors (Lipinski definition) is 0. The van der Waals surface area contributed by atoms with Gasteiger partial charge in [0.15, 0.2) is 0 Å². The van der Waals surface area contributed by atoms with Crippen molar-refractivity contribution in [2.24, 2.45) is 0 Å². The zero-order valence-electron chi connectivity index (χ0n) is 7.62. The van der Waals surface area contributed by atoms with Crippen molar-refractivity contribution in [2.45, 2.75) is 12.8 Å². The minimum atomic E-state index is -0.0259. The van der Waals surface area contributed by atoms with Crippen LogP contribution in [0.3, 0.4) is 0 Å². The second-order valence-corrected chi connectivity index (χ2v) is 5.28. The number of nitrogens with zero attached hydrogens (tertiary/aromatic N) is 1. The number of rotatable bonds is 0. The van der Waals surface area contributed by atoms with Gasteiger partial charge in [0.05, 0.1) is 0 Å². The molecule has 1 aliphatic carbocycles. The summed E-state index contributed by atoms with van der Waals surface area (Å²) in [5, 5.41) is 1.58. The third kappa shape index (κ3) is 1.34. The van der Waals surface area contributed by atoms with Gasteiger partial charge in [-0.15, -0.1) is 0 Å². The fourth-order valence-electron chi connectivity index (χ4n) is 1.74. The highest BCUT2D eigenvalue weighted by Crippen LogP contribution is 2.50. The molecule has 0 aromatic carbocycles. The van der Waals surface area contributed by atoms with Gasteiger partial charge >= 0.3 is 0 Å². The molecule has 0 saturated heterocycles. The molecule has 0 saturated carbocycles. The lowest BCUT2D eigenvalue weighted by Gasteiger charge is -2.28. The van der Waals surface area contributed by atoms with Crippen molar-refractivity contribution >= 4 is 14.1 Å². The molecule has 0 bridgehead atoms. The van der Waals surface area contributed by atoms with Gasteiger partial charge in [-0.2, -0.15) is 0 Å². The van der Waals surface area contributed by atoms with Crippen LogP contribution in [0.15, 0.2) is 23.0 Å². The highest BCUT2D eigenvalue weighted by atomic mass is 31.1. The first-order valence-electron chi connectivity index (χ1n) is 4.33. The Kier molecular flexibility index (Phi) is 2.06. The van der Waals surface area contributed by atoms with E-state index in [9.17, 15) is 0 Å². The van der Waals surface area contributed by atoms with E-state index in [0.29, 0.717) is 0 Å². The van der Waals surface area contributed by atoms with Gasteiger partial charge in [-0.3, -0.25) is 0 Å². The van der Waals surface area contributed by atoms with Crippen molar-refractivity contribution in [3.8, 4) is 0 Å². The van der Waals surface area contributed by atoms with Crippen molar-refractivity contribution in [3.63, 3.8) is 0 Å². The zero-order valence-corrected chi connectivity index (χ0v) is 8.51. The molecular weight excluding hydrogens is 165 g/mol. The predicted molar refractivity (Wildman–Crippen MR) is 54.8 cm³/mol. The van der Waals surface area contributed by atoms with E-state index in [0.717, 1.165) is 0 Å². The molecule has 0 aromatic heterocycles. The summed E-state index contributed by atoms with van der Waals surface area (Å²) in [4.78, 5) is 0. The first-order valence-corrected chi connectivity index (χ1v) is 6.18. The number of allylic oxidation sites excluding steroid dienone is 4. The van der Waals surface area contributed by atoms with Gasteiger partial charge in [0.1, 0.15) is 7.05 Å². The van der Waals surface area contributed by atoms with Gasteiger partial charge in [-0.25, -0.2) is 0 Å². The third-order valence-electron chi connectivity index (χ3n) is 2.24. The Balaban J connectivity index is 2.38. The molecule has 0 aromatic rings. The molecule has 2 rings (SSSR count). The van der Waals surface area contributed by atoms with Gasteiger partial charge in [-0.05, 0) is 30.4 Å². The van der Waals surface area contributed by atoms with Crippen LogP contribution in [0.2, 0.25) is 0 Å². The van der Waals surface area contributed by atoms with Crippen LogP contribution in [0.25, 0.3) is 0 Å². The summed E-state index contributed by atoms with van der Waals surface area (Å²) >= 11 is 0. The van der Waals surface area contributed by atoms with E-state index in [2.05, 4.69) is 42.9 Å². The molecule has 12 heavy (non-hydrogen) atoms. The van der Waals surface area contributed by atoms with E-state index in [4.69, 9.17) is 0 Å². The Morgan fingerprint density at radius 3 is 3.00 bits per heavy atom. The van der Waals surface area contributed by atoms with Crippen LogP contribution in [-0.4, -0.2) is 24.5 Å². The molecule has 1 aliphatic heterocycles. The molecule has 0 radical (unpaired) electrons. The van der Waals surface area contributed by atoms with Crippen LogP contribution in [0.4, 0.5) is 0 Å². The number of fused-ring (bicyclic) bond motifs is 1. The van der Waals surface area contributed by atoms with Gasteiger partial charge in [0.25, 0.3) is 0 Å². The summed E-state index contributed by atoms with van der Waals surface area (Å²) in [6.07, 6.45) is 11.8. The Labute approximate surface area is 75.2 Å². The van der Waals surface area contributed by atoms with Crippen LogP contribution >= 0.6 is 7.92 Å². The fraction of sp³-hybridized carbons (Fsp3) is 0.400. The lowest BCUT2D eigenvalue weighted by atomic mass is 10.1. The standard InChI is InChI=1S/C10H14NP/c1-11-7-9-5-3-4-6-10(9)12(2)8-11/h5-8H,3-4H2,1-2H3. The van der Waals surface area contributed by atoms with Gasteiger partial charge in [0.2, 0.25) is 0 Å². The van der Waals surface area contributed by atoms with Crippen LogP contribution in [0.5, 0.6) is 0 Å². The van der Waals surface area contributed by atoms with E-state index in [-0.39, 0.29) is 7.92 Å². The monoisotopic (exact) mass is 179 g/mol. The minimum Gasteiger partial charge on any atom is -0.364 e. The van der Waals surface area contributed by atoms with E-state index in [1.165, 1.54) is 18.4 Å². The maximum absolute atomic E-state index is 2.40. The summed E-state index contributed by atoms with van der Waals surface area (Å²) in [6.45, 7) is 2.32. The van der Waals surface area contributed by atoms with Crippen molar-refractivity contribution in [2.75, 3.05) is 13.7 Å². The topological polar surface area (TPSA) is 3.01 Å². The predicted octanol–water partition coefficient (Wildman–Crippen LogP) is 2.55. The van der Waals surface area contributed by atoms with Crippen molar-refractivity contribution < 1.29 is 4.58 Å². The largest absolute Gasteiger partial charge is 0.364 e. The summed E-state index contributed by atoms with van der Waals surface area (Å²) in [5.41, 5.74) is 1.46. The second kappa shape index (κ2) is 3.06. The van der Waals surface area contributed by atoms with Gasteiger partial charge in [-0.1, -0.05) is 20.1 Å². The average Bonchev–Trinajstić information content (AvgIpc) is 2.04. The van der Waals surface area contributed by atoms with E-state index in [1.54, 1.807) is 5.31 Å². The molecule has 0 N–H and O–H groups in total. The smallest absolute Gasteiger partial charge is 0.105 e. The van der Waals surface area contributed by atoms with Crippen molar-refractivity contribution in [1.82, 2.24) is 0 Å². The number of hydrogen-bond acceptors (Lipinski definition) is 0. The summed E-state index contributed by atoms with van der Waals surface area (Å²) in [5.74, 6) is 0. The highest BCUT2D eigenvalue weighted by molar-refractivity contribution is 7.63. The maximum Gasteiger partial charge on any atom is 0.105 e. The van der Waals surface area contributed by atoms with E-state index in [1.807, 2.05) is 0 Å². The average molecular weight is 179 g/mol. The Morgan fingerprint density at radius 1 is 1.42 bits per heavy atom. The first kappa shape index (κ1) is 8.07. The lowest BCUT2D eigenvalue weighted by molar-refractivity contribution is -0.434. The SMILES string of the molecule is C[N+]1=CC2=CCCC=C2P(C)[CH-]1. The zero-order chi connectivity index (χ0) is 8.55. The van der Waals surface area contributed by atoms with Crippen LogP contribution < -0.4 is 0 Å². The summed E-state index contributed by atoms with van der Waals surface area (Å²) < 4.78 is 2.19. The fourth-order valence-corrected chi connectivity index (χ4v) is 3.45. The molecular formula is C10H14NP. The Bertz CT molecular complexity index is 286. The van der Waals surface area contributed by atoms with Crippen molar-refractivity contribution in [3.05, 3.63) is 29.3 Å². The molecule has 2 heteroatoms. The van der Waals surface area contributed by atoms with Gasteiger partial charge < -0.3 is 4.58 Å². The molecule has 1 nitrogen and oxygen atoms in total. The van der Waals surface area contributed by atoms with Crippen LogP contribution in [0.1, 0.15) is 12.8 Å². The quantitative estimate of drug-likeness (QED) is 0.305. The minimum absolute atomic E-state index is 0.0259. The van der Waals surface area contributed by atoms with Crippen LogP contribution in [-0.2, 0) is 0 Å². The van der Waals surface area contributed by atoms with E-state index >= 15 is 0 Å². The highest BCUT2D eigenvalue weighted by Gasteiger charge is 2.16. The first-order chi connectivity index (χ1) is 5.77. The summed E-state index contributed by atoms with van der Waals surface area (Å²) in [6, 6.07) is 0. The van der Waals surface area contributed by atoms with Crippen LogP contribution in [0, 0.1) is 6.29 Å².